The van der Waals surface area contributed by atoms with Gasteiger partial charge in [0, 0.05) is 56.6 Å². The van der Waals surface area contributed by atoms with Crippen molar-refractivity contribution < 1.29 is 9.13 Å². The summed E-state index contributed by atoms with van der Waals surface area (Å²) in [6.45, 7) is 3.22. The summed E-state index contributed by atoms with van der Waals surface area (Å²) in [5, 5.41) is 0. The summed E-state index contributed by atoms with van der Waals surface area (Å²) in [7, 11) is 0. The maximum atomic E-state index is 13.2. The van der Waals surface area contributed by atoms with E-state index in [1.54, 1.807) is 6.20 Å². The van der Waals surface area contributed by atoms with Gasteiger partial charge < -0.3 is 4.74 Å². The number of rotatable bonds is 6. The van der Waals surface area contributed by atoms with Gasteiger partial charge in [-0.05, 0) is 30.5 Å². The Morgan fingerprint density at radius 2 is 2.00 bits per heavy atom. The highest BCUT2D eigenvalue weighted by Gasteiger charge is 2.20. The lowest BCUT2D eigenvalue weighted by Crippen LogP contribution is -2.31. The van der Waals surface area contributed by atoms with E-state index in [1.807, 2.05) is 28.9 Å². The van der Waals surface area contributed by atoms with Gasteiger partial charge in [-0.15, -0.1) is 0 Å². The number of hydrogen-bond acceptors (Lipinski definition) is 4. The third kappa shape index (κ3) is 4.03. The second kappa shape index (κ2) is 7.29. The molecule has 1 saturated heterocycles. The highest BCUT2D eigenvalue weighted by atomic mass is 19.1. The smallest absolute Gasteiger partial charge is 0.233 e. The van der Waals surface area contributed by atoms with Crippen LogP contribution in [0.5, 0.6) is 0 Å². The minimum Gasteiger partial charge on any atom is -0.377 e. The molecule has 0 bridgehead atoms. The van der Waals surface area contributed by atoms with Crippen LogP contribution in [0.25, 0.3) is 5.78 Å². The van der Waals surface area contributed by atoms with E-state index in [1.165, 1.54) is 12.1 Å². The number of hydrogen-bond donors (Lipinski definition) is 0. The van der Waals surface area contributed by atoms with Gasteiger partial charge in [0.2, 0.25) is 5.78 Å². The largest absolute Gasteiger partial charge is 0.377 e. The summed E-state index contributed by atoms with van der Waals surface area (Å²) in [4.78, 5) is 10.9. The molecule has 2 aromatic heterocycles. The van der Waals surface area contributed by atoms with Crippen molar-refractivity contribution in [1.29, 1.82) is 0 Å². The van der Waals surface area contributed by atoms with Crippen LogP contribution in [0.15, 0.2) is 49.1 Å². The van der Waals surface area contributed by atoms with E-state index in [-0.39, 0.29) is 11.9 Å². The third-order valence-corrected chi connectivity index (χ3v) is 4.51. The zero-order valence-electron chi connectivity index (χ0n) is 14.0. The fourth-order valence-electron chi connectivity index (χ4n) is 3.31. The standard InChI is InChI=1S/C19H21FN4O/c20-17-5-3-15(4-6-17)11-23(14-18-2-1-9-25-18)12-16-10-22-19-21-7-8-24(19)13-16/h3-8,10,13,18H,1-2,9,11-12,14H2/t18-/m0/s1. The van der Waals surface area contributed by atoms with Gasteiger partial charge in [-0.1, -0.05) is 12.1 Å². The number of halogens is 1. The molecule has 0 saturated carbocycles. The Bertz CT molecular complexity index is 827. The van der Waals surface area contributed by atoms with E-state index < -0.39 is 0 Å². The molecule has 0 spiro atoms. The zero-order valence-corrected chi connectivity index (χ0v) is 14.0. The summed E-state index contributed by atoms with van der Waals surface area (Å²) in [6.07, 6.45) is 10.1. The first-order chi connectivity index (χ1) is 12.3. The van der Waals surface area contributed by atoms with Gasteiger partial charge in [0.1, 0.15) is 5.82 Å². The van der Waals surface area contributed by atoms with E-state index in [0.717, 1.165) is 50.2 Å². The Balaban J connectivity index is 1.51. The number of benzene rings is 1. The highest BCUT2D eigenvalue weighted by molar-refractivity contribution is 5.28. The molecule has 3 heterocycles. The van der Waals surface area contributed by atoms with Crippen LogP contribution >= 0.6 is 0 Å². The first-order valence-electron chi connectivity index (χ1n) is 8.62. The molecule has 0 unspecified atom stereocenters. The van der Waals surface area contributed by atoms with E-state index in [0.29, 0.717) is 5.78 Å². The van der Waals surface area contributed by atoms with Crippen LogP contribution in [-0.4, -0.2) is 38.5 Å². The highest BCUT2D eigenvalue weighted by Crippen LogP contribution is 2.17. The van der Waals surface area contributed by atoms with Gasteiger partial charge in [-0.2, -0.15) is 0 Å². The van der Waals surface area contributed by atoms with Crippen LogP contribution in [0.3, 0.4) is 0 Å². The Morgan fingerprint density at radius 1 is 1.16 bits per heavy atom. The van der Waals surface area contributed by atoms with Crippen LogP contribution < -0.4 is 0 Å². The molecule has 0 N–H and O–H groups in total. The van der Waals surface area contributed by atoms with Crippen LogP contribution in [0.4, 0.5) is 4.39 Å². The predicted molar refractivity (Wildman–Crippen MR) is 92.5 cm³/mol. The van der Waals surface area contributed by atoms with E-state index in [4.69, 9.17) is 4.74 Å². The second-order valence-corrected chi connectivity index (χ2v) is 6.53. The second-order valence-electron chi connectivity index (χ2n) is 6.53. The average Bonchev–Trinajstić information content (AvgIpc) is 3.28. The molecule has 5 nitrogen and oxygen atoms in total. The lowest BCUT2D eigenvalue weighted by atomic mass is 10.1. The Labute approximate surface area is 146 Å². The lowest BCUT2D eigenvalue weighted by Gasteiger charge is -2.25. The summed E-state index contributed by atoms with van der Waals surface area (Å²) >= 11 is 0. The maximum Gasteiger partial charge on any atom is 0.233 e. The Morgan fingerprint density at radius 3 is 2.80 bits per heavy atom. The summed E-state index contributed by atoms with van der Waals surface area (Å²) in [6, 6.07) is 6.71. The topological polar surface area (TPSA) is 42.7 Å². The van der Waals surface area contributed by atoms with Crippen LogP contribution in [0.2, 0.25) is 0 Å². The van der Waals surface area contributed by atoms with Crippen molar-refractivity contribution in [3.05, 3.63) is 66.0 Å². The molecule has 1 aromatic carbocycles. The van der Waals surface area contributed by atoms with E-state index >= 15 is 0 Å². The normalized spacial score (nSPS) is 17.6. The first-order valence-corrected chi connectivity index (χ1v) is 8.62. The molecular weight excluding hydrogens is 319 g/mol. The molecule has 1 aliphatic rings. The van der Waals surface area contributed by atoms with Gasteiger partial charge in [-0.25, -0.2) is 14.4 Å². The summed E-state index contributed by atoms with van der Waals surface area (Å²) in [5.74, 6) is 0.497. The minimum atomic E-state index is -0.204. The van der Waals surface area contributed by atoms with Crippen LogP contribution in [0, 0.1) is 5.82 Å². The van der Waals surface area contributed by atoms with Crippen molar-refractivity contribution in [1.82, 2.24) is 19.3 Å². The summed E-state index contributed by atoms with van der Waals surface area (Å²) in [5.41, 5.74) is 2.21. The molecular formula is C19H21FN4O. The molecule has 25 heavy (non-hydrogen) atoms. The molecule has 1 fully saturated rings. The molecule has 0 aliphatic carbocycles. The Kier molecular flexibility index (Phi) is 4.72. The summed E-state index contributed by atoms with van der Waals surface area (Å²) < 4.78 is 20.9. The maximum absolute atomic E-state index is 13.2. The number of aromatic nitrogens is 3. The molecule has 130 valence electrons. The molecule has 1 aliphatic heterocycles. The van der Waals surface area contributed by atoms with Gasteiger partial charge >= 0.3 is 0 Å². The zero-order chi connectivity index (χ0) is 17.1. The van der Waals surface area contributed by atoms with Crippen molar-refractivity contribution in [3.8, 4) is 0 Å². The molecule has 6 heteroatoms. The third-order valence-electron chi connectivity index (χ3n) is 4.51. The van der Waals surface area contributed by atoms with E-state index in [2.05, 4.69) is 21.1 Å². The number of imidazole rings is 1. The van der Waals surface area contributed by atoms with Gasteiger partial charge in [0.15, 0.2) is 0 Å². The number of nitrogens with zero attached hydrogens (tertiary/aromatic N) is 4. The van der Waals surface area contributed by atoms with Crippen LogP contribution in [0.1, 0.15) is 24.0 Å². The average molecular weight is 340 g/mol. The fraction of sp³-hybridized carbons (Fsp3) is 0.368. The van der Waals surface area contributed by atoms with Crippen LogP contribution in [-0.2, 0) is 17.8 Å². The molecule has 3 aromatic rings. The van der Waals surface area contributed by atoms with Gasteiger partial charge in [-0.3, -0.25) is 9.30 Å². The van der Waals surface area contributed by atoms with E-state index in [9.17, 15) is 4.39 Å². The molecule has 1 atom stereocenters. The first kappa shape index (κ1) is 16.2. The van der Waals surface area contributed by atoms with Crippen molar-refractivity contribution in [3.63, 3.8) is 0 Å². The van der Waals surface area contributed by atoms with Crippen molar-refractivity contribution in [2.45, 2.75) is 32.0 Å². The molecule has 0 radical (unpaired) electrons. The quantitative estimate of drug-likeness (QED) is 0.692. The number of ether oxygens (including phenoxy) is 1. The minimum absolute atomic E-state index is 0.204. The predicted octanol–water partition coefficient (Wildman–Crippen LogP) is 3.05. The van der Waals surface area contributed by atoms with Gasteiger partial charge in [0.25, 0.3) is 0 Å². The monoisotopic (exact) mass is 340 g/mol. The fourth-order valence-corrected chi connectivity index (χ4v) is 3.31. The molecule has 4 rings (SSSR count). The van der Waals surface area contributed by atoms with Crippen molar-refractivity contribution in [2.75, 3.05) is 13.2 Å². The molecule has 0 amide bonds. The lowest BCUT2D eigenvalue weighted by molar-refractivity contribution is 0.0678. The van der Waals surface area contributed by atoms with Crippen molar-refractivity contribution >= 4 is 5.78 Å². The SMILES string of the molecule is Fc1ccc(CN(Cc2cnc3nccn3c2)C[C@@H]2CCCO2)cc1. The Hall–Kier alpha value is -2.31. The van der Waals surface area contributed by atoms with Gasteiger partial charge in [0.05, 0.1) is 6.10 Å². The van der Waals surface area contributed by atoms with Crippen molar-refractivity contribution in [2.24, 2.45) is 0 Å². The number of fused-ring (bicyclic) bond motifs is 1.